The fourth-order valence-electron chi connectivity index (χ4n) is 2.74. The summed E-state index contributed by atoms with van der Waals surface area (Å²) in [6.07, 6.45) is 0. The van der Waals surface area contributed by atoms with E-state index in [-0.39, 0.29) is 0 Å². The second-order valence-electron chi connectivity index (χ2n) is 5.78. The van der Waals surface area contributed by atoms with Crippen molar-refractivity contribution in [2.45, 2.75) is 0 Å². The fraction of sp³-hybridized carbons (Fsp3) is 0.0476. The summed E-state index contributed by atoms with van der Waals surface area (Å²) in [5.74, 6) is 2.27. The van der Waals surface area contributed by atoms with Crippen LogP contribution in [0.15, 0.2) is 77.3 Å². The van der Waals surface area contributed by atoms with E-state index in [2.05, 4.69) is 21.2 Å². The highest BCUT2D eigenvalue weighted by molar-refractivity contribution is 9.10. The largest absolute Gasteiger partial charge is 0.497 e. The number of methoxy groups -OCH3 is 1. The van der Waals surface area contributed by atoms with E-state index < -0.39 is 0 Å². The average Bonchev–Trinajstić information content (AvgIpc) is 2.68. The van der Waals surface area contributed by atoms with E-state index in [4.69, 9.17) is 14.7 Å². The highest BCUT2D eigenvalue weighted by atomic mass is 79.9. The molecule has 0 aliphatic rings. The number of anilines is 2. The molecular formula is C21H16BrN3O. The summed E-state index contributed by atoms with van der Waals surface area (Å²) in [5, 5.41) is 4.38. The quantitative estimate of drug-likeness (QED) is 0.465. The van der Waals surface area contributed by atoms with Crippen molar-refractivity contribution < 1.29 is 4.74 Å². The Kier molecular flexibility index (Phi) is 4.54. The number of halogens is 1. The zero-order chi connectivity index (χ0) is 17.9. The number of para-hydroxylation sites is 1. The lowest BCUT2D eigenvalue weighted by Gasteiger charge is -2.11. The first-order chi connectivity index (χ1) is 12.7. The monoisotopic (exact) mass is 405 g/mol. The average molecular weight is 406 g/mol. The van der Waals surface area contributed by atoms with Crippen LogP contribution in [-0.4, -0.2) is 17.1 Å². The van der Waals surface area contributed by atoms with Gasteiger partial charge in [0.2, 0.25) is 0 Å². The molecule has 0 saturated heterocycles. The molecule has 0 aliphatic carbocycles. The minimum atomic E-state index is 0.681. The van der Waals surface area contributed by atoms with Crippen molar-refractivity contribution in [1.82, 2.24) is 9.97 Å². The van der Waals surface area contributed by atoms with Crippen LogP contribution in [0.1, 0.15) is 0 Å². The molecule has 0 amide bonds. The smallest absolute Gasteiger partial charge is 0.162 e. The highest BCUT2D eigenvalue weighted by Gasteiger charge is 2.10. The molecule has 0 saturated carbocycles. The zero-order valence-corrected chi connectivity index (χ0v) is 15.7. The summed E-state index contributed by atoms with van der Waals surface area (Å²) in [4.78, 5) is 9.50. The van der Waals surface area contributed by atoms with E-state index in [1.54, 1.807) is 7.11 Å². The predicted octanol–water partition coefficient (Wildman–Crippen LogP) is 5.81. The molecule has 4 rings (SSSR count). The first-order valence-electron chi connectivity index (χ1n) is 8.17. The van der Waals surface area contributed by atoms with Crippen LogP contribution in [0.5, 0.6) is 5.75 Å². The van der Waals surface area contributed by atoms with Crippen LogP contribution in [0, 0.1) is 0 Å². The number of ether oxygens (including phenoxy) is 1. The molecule has 1 N–H and O–H groups in total. The van der Waals surface area contributed by atoms with Gasteiger partial charge in [0.1, 0.15) is 11.6 Å². The van der Waals surface area contributed by atoms with Crippen LogP contribution in [-0.2, 0) is 0 Å². The molecule has 5 heteroatoms. The van der Waals surface area contributed by atoms with E-state index in [0.717, 1.165) is 38.2 Å². The van der Waals surface area contributed by atoms with Gasteiger partial charge in [-0.15, -0.1) is 0 Å². The van der Waals surface area contributed by atoms with Crippen molar-refractivity contribution in [3.8, 4) is 17.1 Å². The first kappa shape index (κ1) is 16.5. The molecule has 4 aromatic rings. The molecule has 0 fully saturated rings. The summed E-state index contributed by atoms with van der Waals surface area (Å²) in [7, 11) is 1.66. The van der Waals surface area contributed by atoms with E-state index in [1.165, 1.54) is 0 Å². The Hall–Kier alpha value is -2.92. The summed E-state index contributed by atoms with van der Waals surface area (Å²) in [5.41, 5.74) is 2.80. The maximum atomic E-state index is 5.22. The van der Waals surface area contributed by atoms with Gasteiger partial charge in [-0.25, -0.2) is 9.97 Å². The molecule has 3 aromatic carbocycles. The van der Waals surface area contributed by atoms with Crippen LogP contribution in [0.25, 0.3) is 22.3 Å². The number of hydrogen-bond acceptors (Lipinski definition) is 4. The molecule has 0 spiro atoms. The van der Waals surface area contributed by atoms with Gasteiger partial charge in [-0.2, -0.15) is 0 Å². The lowest BCUT2D eigenvalue weighted by atomic mass is 10.2. The van der Waals surface area contributed by atoms with Gasteiger partial charge < -0.3 is 10.1 Å². The van der Waals surface area contributed by atoms with Crippen molar-refractivity contribution in [1.29, 1.82) is 0 Å². The molecule has 0 unspecified atom stereocenters. The molecule has 0 aliphatic heterocycles. The third-order valence-corrected chi connectivity index (χ3v) is 4.53. The van der Waals surface area contributed by atoms with Crippen LogP contribution in [0.2, 0.25) is 0 Å². The fourth-order valence-corrected chi connectivity index (χ4v) is 3.14. The Morgan fingerprint density at radius 3 is 2.46 bits per heavy atom. The van der Waals surface area contributed by atoms with E-state index in [9.17, 15) is 0 Å². The number of rotatable bonds is 4. The second-order valence-corrected chi connectivity index (χ2v) is 6.69. The van der Waals surface area contributed by atoms with E-state index in [1.807, 2.05) is 72.8 Å². The van der Waals surface area contributed by atoms with Gasteiger partial charge >= 0.3 is 0 Å². The molecule has 128 valence electrons. The molecule has 1 heterocycles. The summed E-state index contributed by atoms with van der Waals surface area (Å²) >= 11 is 3.51. The second kappa shape index (κ2) is 7.14. The third kappa shape index (κ3) is 3.39. The van der Waals surface area contributed by atoms with Crippen LogP contribution < -0.4 is 10.1 Å². The number of fused-ring (bicyclic) bond motifs is 1. The standard InChI is InChI=1S/C21H16BrN3O/c1-26-17-11-9-16(10-12-17)23-21-18-7-2-3-8-19(18)24-20(25-21)14-5-4-6-15(22)13-14/h2-13H,1H3,(H,23,24,25). The topological polar surface area (TPSA) is 47.0 Å². The minimum Gasteiger partial charge on any atom is -0.497 e. The van der Waals surface area contributed by atoms with Crippen LogP contribution in [0.3, 0.4) is 0 Å². The molecule has 0 radical (unpaired) electrons. The third-order valence-electron chi connectivity index (χ3n) is 4.04. The summed E-state index contributed by atoms with van der Waals surface area (Å²) < 4.78 is 6.22. The van der Waals surface area contributed by atoms with E-state index in [0.29, 0.717) is 5.82 Å². The van der Waals surface area contributed by atoms with Gasteiger partial charge in [0, 0.05) is 21.1 Å². The zero-order valence-electron chi connectivity index (χ0n) is 14.1. The van der Waals surface area contributed by atoms with Gasteiger partial charge in [0.15, 0.2) is 5.82 Å². The number of nitrogens with one attached hydrogen (secondary N) is 1. The van der Waals surface area contributed by atoms with Crippen molar-refractivity contribution in [3.05, 3.63) is 77.3 Å². The Labute approximate surface area is 160 Å². The van der Waals surface area contributed by atoms with Gasteiger partial charge in [-0.3, -0.25) is 0 Å². The SMILES string of the molecule is COc1ccc(Nc2nc(-c3cccc(Br)c3)nc3ccccc23)cc1. The molecular weight excluding hydrogens is 390 g/mol. The van der Waals surface area contributed by atoms with Crippen molar-refractivity contribution >= 4 is 38.3 Å². The number of aromatic nitrogens is 2. The Balaban J connectivity index is 1.81. The van der Waals surface area contributed by atoms with Crippen molar-refractivity contribution in [2.24, 2.45) is 0 Å². The summed E-state index contributed by atoms with van der Waals surface area (Å²) in [6.45, 7) is 0. The van der Waals surface area contributed by atoms with Gasteiger partial charge in [0.25, 0.3) is 0 Å². The van der Waals surface area contributed by atoms with Gasteiger partial charge in [-0.05, 0) is 48.5 Å². The Morgan fingerprint density at radius 2 is 1.69 bits per heavy atom. The van der Waals surface area contributed by atoms with E-state index >= 15 is 0 Å². The lowest BCUT2D eigenvalue weighted by Crippen LogP contribution is -1.99. The van der Waals surface area contributed by atoms with Crippen molar-refractivity contribution in [2.75, 3.05) is 12.4 Å². The Morgan fingerprint density at radius 1 is 0.885 bits per heavy atom. The maximum absolute atomic E-state index is 5.22. The Bertz CT molecular complexity index is 1060. The predicted molar refractivity (Wildman–Crippen MR) is 109 cm³/mol. The highest BCUT2D eigenvalue weighted by Crippen LogP contribution is 2.28. The first-order valence-corrected chi connectivity index (χ1v) is 8.96. The normalized spacial score (nSPS) is 10.7. The lowest BCUT2D eigenvalue weighted by molar-refractivity contribution is 0.415. The summed E-state index contributed by atoms with van der Waals surface area (Å²) in [6, 6.07) is 23.7. The molecule has 4 nitrogen and oxygen atoms in total. The molecule has 0 bridgehead atoms. The molecule has 1 aromatic heterocycles. The molecule has 26 heavy (non-hydrogen) atoms. The van der Waals surface area contributed by atoms with Gasteiger partial charge in [-0.1, -0.05) is 40.2 Å². The molecule has 0 atom stereocenters. The number of hydrogen-bond donors (Lipinski definition) is 1. The maximum Gasteiger partial charge on any atom is 0.162 e. The van der Waals surface area contributed by atoms with Crippen LogP contribution in [0.4, 0.5) is 11.5 Å². The minimum absolute atomic E-state index is 0.681. The van der Waals surface area contributed by atoms with Crippen LogP contribution >= 0.6 is 15.9 Å². The number of nitrogens with zero attached hydrogens (tertiary/aromatic N) is 2. The van der Waals surface area contributed by atoms with Crippen molar-refractivity contribution in [3.63, 3.8) is 0 Å². The van der Waals surface area contributed by atoms with Gasteiger partial charge in [0.05, 0.1) is 12.6 Å². The number of benzene rings is 3.